The second-order valence-electron chi connectivity index (χ2n) is 5.56. The van der Waals surface area contributed by atoms with E-state index in [2.05, 4.69) is 0 Å². The molecule has 0 saturated carbocycles. The van der Waals surface area contributed by atoms with E-state index in [0.29, 0.717) is 12.1 Å². The lowest BCUT2D eigenvalue weighted by Gasteiger charge is -2.28. The molecule has 2 N–H and O–H groups in total. The Morgan fingerprint density at radius 1 is 1.35 bits per heavy atom. The van der Waals surface area contributed by atoms with Gasteiger partial charge in [0, 0.05) is 13.6 Å². The molecule has 0 aliphatic rings. The third-order valence-corrected chi connectivity index (χ3v) is 4.80. The van der Waals surface area contributed by atoms with E-state index in [-0.39, 0.29) is 29.3 Å². The van der Waals surface area contributed by atoms with E-state index in [1.807, 2.05) is 13.8 Å². The zero-order chi connectivity index (χ0) is 14.8. The Labute approximate surface area is 126 Å². The van der Waals surface area contributed by atoms with Crippen LogP contribution in [0.15, 0.2) is 23.1 Å². The van der Waals surface area contributed by atoms with Crippen molar-refractivity contribution in [3.63, 3.8) is 0 Å². The van der Waals surface area contributed by atoms with E-state index < -0.39 is 15.8 Å². The summed E-state index contributed by atoms with van der Waals surface area (Å²) >= 11 is 0. The zero-order valence-electron chi connectivity index (χ0n) is 12.2. The number of rotatable bonds is 5. The Morgan fingerprint density at radius 2 is 1.90 bits per heavy atom. The lowest BCUT2D eigenvalue weighted by molar-refractivity contribution is 0.291. The summed E-state index contributed by atoms with van der Waals surface area (Å²) in [6, 6.07) is 4.05. The van der Waals surface area contributed by atoms with Crippen LogP contribution in [0.3, 0.4) is 0 Å². The normalized spacial score (nSPS) is 12.3. The predicted octanol–water partition coefficient (Wildman–Crippen LogP) is 2.16. The topological polar surface area (TPSA) is 63.4 Å². The fraction of sp³-hybridized carbons (Fsp3) is 0.538. The lowest BCUT2D eigenvalue weighted by Crippen LogP contribution is -2.40. The van der Waals surface area contributed by atoms with Crippen LogP contribution in [0.25, 0.3) is 0 Å². The molecule has 1 aromatic rings. The SMILES string of the molecule is Cc1ccc(F)c(S(=O)(=O)N(C)CC(C)(C)CN)c1.Cl. The molecule has 0 bridgehead atoms. The molecule has 0 spiro atoms. The van der Waals surface area contributed by atoms with Crippen molar-refractivity contribution < 1.29 is 12.8 Å². The second kappa shape index (κ2) is 6.85. The van der Waals surface area contributed by atoms with Crippen molar-refractivity contribution in [1.29, 1.82) is 0 Å². The summed E-state index contributed by atoms with van der Waals surface area (Å²) in [5, 5.41) is 0. The number of benzene rings is 1. The molecule has 0 aliphatic heterocycles. The van der Waals surface area contributed by atoms with E-state index in [9.17, 15) is 12.8 Å². The second-order valence-corrected chi connectivity index (χ2v) is 7.58. The molecule has 0 saturated heterocycles. The highest BCUT2D eigenvalue weighted by Gasteiger charge is 2.29. The van der Waals surface area contributed by atoms with Gasteiger partial charge in [-0.25, -0.2) is 17.1 Å². The first-order valence-electron chi connectivity index (χ1n) is 6.03. The first kappa shape index (κ1) is 19.3. The summed E-state index contributed by atoms with van der Waals surface area (Å²) in [7, 11) is -2.39. The smallest absolute Gasteiger partial charge is 0.245 e. The Bertz CT molecular complexity index is 561. The van der Waals surface area contributed by atoms with Crippen LogP contribution in [0.1, 0.15) is 19.4 Å². The molecule has 0 unspecified atom stereocenters. The van der Waals surface area contributed by atoms with Crippen LogP contribution in [0.2, 0.25) is 0 Å². The van der Waals surface area contributed by atoms with Crippen LogP contribution < -0.4 is 5.73 Å². The largest absolute Gasteiger partial charge is 0.330 e. The molecule has 20 heavy (non-hydrogen) atoms. The number of nitrogens with two attached hydrogens (primary N) is 1. The molecule has 0 aliphatic carbocycles. The van der Waals surface area contributed by atoms with Crippen LogP contribution >= 0.6 is 12.4 Å². The minimum absolute atomic E-state index is 0. The summed E-state index contributed by atoms with van der Waals surface area (Å²) in [5.74, 6) is -0.733. The molecule has 0 radical (unpaired) electrons. The van der Waals surface area contributed by atoms with Gasteiger partial charge in [-0.2, -0.15) is 0 Å². The van der Waals surface area contributed by atoms with E-state index in [4.69, 9.17) is 5.73 Å². The average molecular weight is 325 g/mol. The molecule has 116 valence electrons. The Kier molecular flexibility index (Phi) is 6.61. The van der Waals surface area contributed by atoms with Crippen LogP contribution in [0.5, 0.6) is 0 Å². The minimum Gasteiger partial charge on any atom is -0.330 e. The van der Waals surface area contributed by atoms with Gasteiger partial charge in [0.15, 0.2) is 0 Å². The minimum atomic E-state index is -3.83. The fourth-order valence-corrected chi connectivity index (χ4v) is 3.23. The van der Waals surface area contributed by atoms with E-state index >= 15 is 0 Å². The van der Waals surface area contributed by atoms with Gasteiger partial charge in [-0.3, -0.25) is 0 Å². The van der Waals surface area contributed by atoms with Gasteiger partial charge in [0.1, 0.15) is 10.7 Å². The van der Waals surface area contributed by atoms with Crippen LogP contribution in [-0.2, 0) is 10.0 Å². The summed E-state index contributed by atoms with van der Waals surface area (Å²) in [6.45, 7) is 6.04. The first-order chi connectivity index (χ1) is 8.60. The van der Waals surface area contributed by atoms with Crippen molar-refractivity contribution in [3.8, 4) is 0 Å². The Balaban J connectivity index is 0.00000361. The van der Waals surface area contributed by atoms with Crippen molar-refractivity contribution in [3.05, 3.63) is 29.6 Å². The summed E-state index contributed by atoms with van der Waals surface area (Å²) in [6.07, 6.45) is 0. The first-order valence-corrected chi connectivity index (χ1v) is 7.47. The molecule has 4 nitrogen and oxygen atoms in total. The van der Waals surface area contributed by atoms with E-state index in [0.717, 1.165) is 4.31 Å². The van der Waals surface area contributed by atoms with Gasteiger partial charge < -0.3 is 5.73 Å². The standard InChI is InChI=1S/C13H21FN2O2S.ClH/c1-10-5-6-11(14)12(7-10)19(17,18)16(4)9-13(2,3)8-15;/h5-7H,8-9,15H2,1-4H3;1H. The maximum Gasteiger partial charge on any atom is 0.245 e. The maximum atomic E-state index is 13.7. The van der Waals surface area contributed by atoms with Gasteiger partial charge >= 0.3 is 0 Å². The summed E-state index contributed by atoms with van der Waals surface area (Å²) < 4.78 is 39.5. The fourth-order valence-electron chi connectivity index (χ4n) is 1.73. The van der Waals surface area contributed by atoms with Crippen LogP contribution in [0.4, 0.5) is 4.39 Å². The number of halogens is 2. The van der Waals surface area contributed by atoms with Crippen LogP contribution in [-0.4, -0.2) is 32.9 Å². The zero-order valence-corrected chi connectivity index (χ0v) is 13.8. The number of nitrogens with zero attached hydrogens (tertiary/aromatic N) is 1. The van der Waals surface area contributed by atoms with Gasteiger partial charge in [-0.05, 0) is 36.6 Å². The quantitative estimate of drug-likeness (QED) is 0.902. The van der Waals surface area contributed by atoms with Gasteiger partial charge in [0.25, 0.3) is 0 Å². The highest BCUT2D eigenvalue weighted by atomic mass is 35.5. The summed E-state index contributed by atoms with van der Waals surface area (Å²) in [5.41, 5.74) is 5.94. The van der Waals surface area contributed by atoms with Crippen molar-refractivity contribution in [2.45, 2.75) is 25.7 Å². The highest BCUT2D eigenvalue weighted by molar-refractivity contribution is 7.89. The number of hydrogen-bond acceptors (Lipinski definition) is 3. The molecule has 0 amide bonds. The molecule has 1 rings (SSSR count). The molecular formula is C13H22ClFN2O2S. The molecule has 0 atom stereocenters. The molecule has 0 fully saturated rings. The van der Waals surface area contributed by atoms with Crippen molar-refractivity contribution in [1.82, 2.24) is 4.31 Å². The monoisotopic (exact) mass is 324 g/mol. The highest BCUT2D eigenvalue weighted by Crippen LogP contribution is 2.23. The van der Waals surface area contributed by atoms with Crippen molar-refractivity contribution in [2.75, 3.05) is 20.1 Å². The number of sulfonamides is 1. The molecule has 7 heteroatoms. The Morgan fingerprint density at radius 3 is 2.40 bits per heavy atom. The lowest BCUT2D eigenvalue weighted by atomic mass is 9.94. The van der Waals surface area contributed by atoms with Gasteiger partial charge in [0.05, 0.1) is 0 Å². The van der Waals surface area contributed by atoms with Crippen molar-refractivity contribution in [2.24, 2.45) is 11.1 Å². The van der Waals surface area contributed by atoms with E-state index in [1.54, 1.807) is 6.92 Å². The molecular weight excluding hydrogens is 303 g/mol. The molecule has 0 aromatic heterocycles. The number of aryl methyl sites for hydroxylation is 1. The third-order valence-electron chi connectivity index (χ3n) is 2.98. The molecule has 0 heterocycles. The average Bonchev–Trinajstić information content (AvgIpc) is 2.31. The van der Waals surface area contributed by atoms with Crippen molar-refractivity contribution >= 4 is 22.4 Å². The van der Waals surface area contributed by atoms with E-state index in [1.165, 1.54) is 25.2 Å². The maximum absolute atomic E-state index is 13.7. The molecule has 1 aromatic carbocycles. The Hall–Kier alpha value is -0.690. The van der Waals surface area contributed by atoms with Gasteiger partial charge in [-0.15, -0.1) is 12.4 Å². The van der Waals surface area contributed by atoms with Gasteiger partial charge in [0.2, 0.25) is 10.0 Å². The van der Waals surface area contributed by atoms with Crippen LogP contribution in [0, 0.1) is 18.2 Å². The number of hydrogen-bond donors (Lipinski definition) is 1. The predicted molar refractivity (Wildman–Crippen MR) is 81.0 cm³/mol. The third kappa shape index (κ3) is 4.41. The summed E-state index contributed by atoms with van der Waals surface area (Å²) in [4.78, 5) is -0.289. The van der Waals surface area contributed by atoms with Gasteiger partial charge in [-0.1, -0.05) is 19.9 Å².